The number of carbonyl (C=O) groups is 1. The Morgan fingerprint density at radius 3 is 2.92 bits per heavy atom. The van der Waals surface area contributed by atoms with E-state index in [1.165, 1.54) is 6.08 Å². The molecule has 0 aliphatic carbocycles. The van der Waals surface area contributed by atoms with Crippen LogP contribution in [0.2, 0.25) is 0 Å². The third-order valence-corrected chi connectivity index (χ3v) is 1.44. The zero-order valence-corrected chi connectivity index (χ0v) is 6.90. The number of hydrazine groups is 1. The van der Waals surface area contributed by atoms with Crippen molar-refractivity contribution < 1.29 is 9.90 Å². The SMILES string of the molecule is NNC(=O)C=Cc1cccc(O)c1. The van der Waals surface area contributed by atoms with Gasteiger partial charge in [0.2, 0.25) is 0 Å². The standard InChI is InChI=1S/C9H10N2O2/c10-11-9(13)5-4-7-2-1-3-8(12)6-7/h1-6,12H,10H2,(H,11,13). The van der Waals surface area contributed by atoms with Crippen molar-refractivity contribution in [2.75, 3.05) is 0 Å². The predicted octanol–water partition coefficient (Wildman–Crippen LogP) is 0.395. The number of aromatic hydroxyl groups is 1. The third kappa shape index (κ3) is 2.96. The van der Waals surface area contributed by atoms with Crippen LogP contribution in [-0.2, 0) is 4.79 Å². The van der Waals surface area contributed by atoms with E-state index in [0.717, 1.165) is 5.56 Å². The van der Waals surface area contributed by atoms with Gasteiger partial charge in [-0.1, -0.05) is 12.1 Å². The van der Waals surface area contributed by atoms with Crippen LogP contribution in [0.25, 0.3) is 6.08 Å². The minimum absolute atomic E-state index is 0.162. The largest absolute Gasteiger partial charge is 0.508 e. The fraction of sp³-hybridized carbons (Fsp3) is 0. The highest BCUT2D eigenvalue weighted by molar-refractivity contribution is 5.91. The lowest BCUT2D eigenvalue weighted by molar-refractivity contribution is -0.116. The van der Waals surface area contributed by atoms with Gasteiger partial charge in [-0.05, 0) is 23.8 Å². The van der Waals surface area contributed by atoms with Crippen molar-refractivity contribution in [2.24, 2.45) is 5.84 Å². The number of phenols is 1. The van der Waals surface area contributed by atoms with Gasteiger partial charge in [-0.25, -0.2) is 5.84 Å². The maximum atomic E-state index is 10.7. The summed E-state index contributed by atoms with van der Waals surface area (Å²) < 4.78 is 0. The maximum Gasteiger partial charge on any atom is 0.257 e. The number of hydrogen-bond donors (Lipinski definition) is 3. The molecule has 0 spiro atoms. The van der Waals surface area contributed by atoms with E-state index in [0.29, 0.717) is 0 Å². The van der Waals surface area contributed by atoms with Crippen LogP contribution in [-0.4, -0.2) is 11.0 Å². The molecule has 0 saturated heterocycles. The summed E-state index contributed by atoms with van der Waals surface area (Å²) in [5.41, 5.74) is 2.70. The molecule has 0 atom stereocenters. The van der Waals surface area contributed by atoms with E-state index in [1.54, 1.807) is 30.3 Å². The number of hydrogen-bond acceptors (Lipinski definition) is 3. The molecule has 13 heavy (non-hydrogen) atoms. The van der Waals surface area contributed by atoms with Crippen LogP contribution in [0, 0.1) is 0 Å². The minimum atomic E-state index is -0.386. The van der Waals surface area contributed by atoms with Crippen molar-refractivity contribution in [3.05, 3.63) is 35.9 Å². The summed E-state index contributed by atoms with van der Waals surface area (Å²) in [7, 11) is 0. The van der Waals surface area contributed by atoms with Gasteiger partial charge in [-0.2, -0.15) is 0 Å². The summed E-state index contributed by atoms with van der Waals surface area (Å²) >= 11 is 0. The van der Waals surface area contributed by atoms with E-state index in [2.05, 4.69) is 0 Å². The second kappa shape index (κ2) is 4.27. The number of amides is 1. The number of nitrogens with two attached hydrogens (primary N) is 1. The normalized spacial score (nSPS) is 10.2. The number of phenolic OH excluding ortho intramolecular Hbond substituents is 1. The minimum Gasteiger partial charge on any atom is -0.508 e. The fourth-order valence-corrected chi connectivity index (χ4v) is 0.848. The van der Waals surface area contributed by atoms with E-state index in [9.17, 15) is 4.79 Å². The molecule has 0 heterocycles. The molecule has 0 bridgehead atoms. The molecular formula is C9H10N2O2. The molecule has 68 valence electrons. The number of benzene rings is 1. The van der Waals surface area contributed by atoms with E-state index >= 15 is 0 Å². The van der Waals surface area contributed by atoms with Gasteiger partial charge < -0.3 is 5.11 Å². The predicted molar refractivity (Wildman–Crippen MR) is 49.5 cm³/mol. The Morgan fingerprint density at radius 2 is 2.31 bits per heavy atom. The molecule has 0 aromatic heterocycles. The van der Waals surface area contributed by atoms with Crippen molar-refractivity contribution in [1.82, 2.24) is 5.43 Å². The zero-order valence-electron chi connectivity index (χ0n) is 6.90. The Hall–Kier alpha value is -1.81. The molecule has 1 amide bonds. The topological polar surface area (TPSA) is 75.3 Å². The van der Waals surface area contributed by atoms with Gasteiger partial charge in [0.25, 0.3) is 5.91 Å². The van der Waals surface area contributed by atoms with Gasteiger partial charge in [-0.15, -0.1) is 0 Å². The lowest BCUT2D eigenvalue weighted by Gasteiger charge is -1.94. The van der Waals surface area contributed by atoms with Crippen LogP contribution in [0.3, 0.4) is 0 Å². The molecule has 1 rings (SSSR count). The highest BCUT2D eigenvalue weighted by Crippen LogP contribution is 2.11. The van der Waals surface area contributed by atoms with Gasteiger partial charge in [0, 0.05) is 6.08 Å². The van der Waals surface area contributed by atoms with Gasteiger partial charge in [-0.3, -0.25) is 10.2 Å². The number of nitrogens with one attached hydrogen (secondary N) is 1. The van der Waals surface area contributed by atoms with Crippen molar-refractivity contribution in [3.63, 3.8) is 0 Å². The molecule has 4 nitrogen and oxygen atoms in total. The van der Waals surface area contributed by atoms with Crippen LogP contribution in [0.1, 0.15) is 5.56 Å². The van der Waals surface area contributed by atoms with E-state index < -0.39 is 0 Å². The van der Waals surface area contributed by atoms with Crippen LogP contribution in [0.15, 0.2) is 30.3 Å². The number of carbonyl (C=O) groups excluding carboxylic acids is 1. The molecule has 0 saturated carbocycles. The molecule has 0 aliphatic heterocycles. The molecule has 1 aromatic carbocycles. The second-order valence-electron chi connectivity index (χ2n) is 2.44. The fourth-order valence-electron chi connectivity index (χ4n) is 0.848. The van der Waals surface area contributed by atoms with Crippen LogP contribution in [0.5, 0.6) is 5.75 Å². The summed E-state index contributed by atoms with van der Waals surface area (Å²) in [6, 6.07) is 6.55. The Kier molecular flexibility index (Phi) is 3.05. The number of rotatable bonds is 2. The van der Waals surface area contributed by atoms with Crippen molar-refractivity contribution >= 4 is 12.0 Å². The van der Waals surface area contributed by atoms with Crippen LogP contribution >= 0.6 is 0 Å². The maximum absolute atomic E-state index is 10.7. The van der Waals surface area contributed by atoms with E-state index in [-0.39, 0.29) is 11.7 Å². The second-order valence-corrected chi connectivity index (χ2v) is 2.44. The van der Waals surface area contributed by atoms with Gasteiger partial charge >= 0.3 is 0 Å². The lowest BCUT2D eigenvalue weighted by atomic mass is 10.2. The highest BCUT2D eigenvalue weighted by Gasteiger charge is 1.91. The van der Waals surface area contributed by atoms with Gasteiger partial charge in [0.05, 0.1) is 0 Å². The van der Waals surface area contributed by atoms with Gasteiger partial charge in [0.15, 0.2) is 0 Å². The van der Waals surface area contributed by atoms with Crippen LogP contribution in [0.4, 0.5) is 0 Å². The quantitative estimate of drug-likeness (QED) is 0.265. The van der Waals surface area contributed by atoms with E-state index in [4.69, 9.17) is 10.9 Å². The van der Waals surface area contributed by atoms with E-state index in [1.807, 2.05) is 5.43 Å². The molecule has 0 unspecified atom stereocenters. The van der Waals surface area contributed by atoms with Gasteiger partial charge in [0.1, 0.15) is 5.75 Å². The van der Waals surface area contributed by atoms with Crippen molar-refractivity contribution in [3.8, 4) is 5.75 Å². The lowest BCUT2D eigenvalue weighted by Crippen LogP contribution is -2.27. The summed E-state index contributed by atoms with van der Waals surface area (Å²) in [6.07, 6.45) is 2.84. The smallest absolute Gasteiger partial charge is 0.257 e. The summed E-state index contributed by atoms with van der Waals surface area (Å²) in [6.45, 7) is 0. The molecule has 0 radical (unpaired) electrons. The first-order chi connectivity index (χ1) is 6.22. The molecule has 4 N–H and O–H groups in total. The van der Waals surface area contributed by atoms with Crippen molar-refractivity contribution in [2.45, 2.75) is 0 Å². The molecule has 1 aromatic rings. The van der Waals surface area contributed by atoms with Crippen molar-refractivity contribution in [1.29, 1.82) is 0 Å². The first-order valence-electron chi connectivity index (χ1n) is 3.70. The molecule has 4 heteroatoms. The Balaban J connectivity index is 2.74. The Bertz CT molecular complexity index is 334. The third-order valence-electron chi connectivity index (χ3n) is 1.44. The average molecular weight is 178 g/mol. The average Bonchev–Trinajstić information content (AvgIpc) is 2.14. The summed E-state index contributed by atoms with van der Waals surface area (Å²) in [5.74, 6) is 4.64. The van der Waals surface area contributed by atoms with Crippen LogP contribution < -0.4 is 11.3 Å². The first kappa shape index (κ1) is 9.28. The Morgan fingerprint density at radius 1 is 1.54 bits per heavy atom. The molecule has 0 aliphatic rings. The monoisotopic (exact) mass is 178 g/mol. The molecular weight excluding hydrogens is 168 g/mol. The zero-order chi connectivity index (χ0) is 9.68. The summed E-state index contributed by atoms with van der Waals surface area (Å²) in [4.78, 5) is 10.7. The Labute approximate surface area is 75.7 Å². The highest BCUT2D eigenvalue weighted by atomic mass is 16.3. The summed E-state index contributed by atoms with van der Waals surface area (Å²) in [5, 5.41) is 9.08. The first-order valence-corrected chi connectivity index (χ1v) is 3.70. The molecule has 0 fully saturated rings.